The van der Waals surface area contributed by atoms with Crippen LogP contribution in [0.4, 0.5) is 0 Å². The van der Waals surface area contributed by atoms with Crippen molar-refractivity contribution in [3.8, 4) is 134 Å². The molecule has 0 aliphatic heterocycles. The minimum absolute atomic E-state index is 0.920. The number of para-hydroxylation sites is 2. The Hall–Kier alpha value is -16.8. The molecule has 0 aliphatic carbocycles. The maximum absolute atomic E-state index is 6.36. The van der Waals surface area contributed by atoms with Crippen LogP contribution < -0.4 is 0 Å². The molecule has 0 spiro atoms. The number of benzene rings is 24. The van der Waals surface area contributed by atoms with Crippen LogP contribution in [0.3, 0.4) is 0 Å². The van der Waals surface area contributed by atoms with E-state index >= 15 is 0 Å². The van der Waals surface area contributed by atoms with Gasteiger partial charge in [0.05, 0.1) is 0 Å². The van der Waals surface area contributed by atoms with E-state index in [9.17, 15) is 0 Å². The Labute approximate surface area is 750 Å². The minimum atomic E-state index is 0.920. The third-order valence-electron chi connectivity index (χ3n) is 26.0. The van der Waals surface area contributed by atoms with Crippen LogP contribution in [-0.4, -0.2) is 0 Å². The van der Waals surface area contributed by atoms with Crippen LogP contribution in [0.2, 0.25) is 0 Å². The molecule has 1 aromatic heterocycles. The fraction of sp³-hybridized carbons (Fsp3) is 0. The first kappa shape index (κ1) is 77.0. The van der Waals surface area contributed by atoms with Crippen LogP contribution in [0, 0.1) is 0 Å². The highest BCUT2D eigenvalue weighted by Gasteiger charge is 2.25. The second kappa shape index (κ2) is 33.7. The van der Waals surface area contributed by atoms with Crippen molar-refractivity contribution >= 4 is 108 Å². The van der Waals surface area contributed by atoms with E-state index < -0.39 is 0 Å². The quantitative estimate of drug-likeness (QED) is 0.111. The SMILES string of the molecule is c1ccc(-c2cccc(-c3c4ccccc4c(-c4ccc(-c5cccc6c5oc5ccccc56)cc4)c4ccccc34)c2)cc1.c1ccc(-c2cccc(-c3c4ccccc4c(-c4ccccc4-c4cccc5ccccc45)c4ccccc34)c2)cc1.c1ccc(-c2ccccc2-c2c3ccccc3c(-c3ccc(-c4cccc5ccccc45)cc3)c3ccccc23)cc1. The van der Waals surface area contributed by atoms with Crippen LogP contribution in [-0.2, 0) is 0 Å². The van der Waals surface area contributed by atoms with Crippen molar-refractivity contribution in [3.63, 3.8) is 0 Å². The van der Waals surface area contributed by atoms with Gasteiger partial charge in [-0.2, -0.15) is 0 Å². The van der Waals surface area contributed by atoms with E-state index in [0.717, 1.165) is 33.1 Å². The molecule has 1 nitrogen and oxygen atoms in total. The van der Waals surface area contributed by atoms with Crippen molar-refractivity contribution in [1.82, 2.24) is 0 Å². The normalized spacial score (nSPS) is 11.4. The van der Waals surface area contributed by atoms with Gasteiger partial charge in [-0.15, -0.1) is 0 Å². The zero-order chi connectivity index (χ0) is 85.5. The van der Waals surface area contributed by atoms with Gasteiger partial charge in [0.1, 0.15) is 11.2 Å². The molecular formula is C128H84O. The molecule has 24 aromatic carbocycles. The highest BCUT2D eigenvalue weighted by atomic mass is 16.3. The number of hydrogen-bond donors (Lipinski definition) is 0. The van der Waals surface area contributed by atoms with Gasteiger partial charge in [-0.1, -0.05) is 491 Å². The maximum Gasteiger partial charge on any atom is 0.143 e. The zero-order valence-electron chi connectivity index (χ0n) is 70.9. The monoisotopic (exact) mass is 1640 g/mol. The summed E-state index contributed by atoms with van der Waals surface area (Å²) < 4.78 is 6.36. The molecule has 0 saturated heterocycles. The first-order valence-electron chi connectivity index (χ1n) is 44.5. The van der Waals surface area contributed by atoms with E-state index in [-0.39, 0.29) is 0 Å². The average molecular weight is 1640 g/mol. The number of furan rings is 1. The maximum atomic E-state index is 6.36. The Morgan fingerprint density at radius 2 is 0.349 bits per heavy atom. The Morgan fingerprint density at radius 3 is 0.783 bits per heavy atom. The van der Waals surface area contributed by atoms with Crippen molar-refractivity contribution < 1.29 is 4.42 Å². The molecule has 0 atom stereocenters. The summed E-state index contributed by atoms with van der Waals surface area (Å²) in [6.07, 6.45) is 0. The minimum Gasteiger partial charge on any atom is -0.455 e. The number of hydrogen-bond acceptors (Lipinski definition) is 1. The van der Waals surface area contributed by atoms with E-state index in [0.29, 0.717) is 0 Å². The summed E-state index contributed by atoms with van der Waals surface area (Å²) in [5, 5.41) is 22.6. The lowest BCUT2D eigenvalue weighted by Crippen LogP contribution is -1.93. The topological polar surface area (TPSA) is 13.1 Å². The molecule has 0 fully saturated rings. The third kappa shape index (κ3) is 14.1. The molecule has 0 saturated carbocycles. The fourth-order valence-corrected chi connectivity index (χ4v) is 20.2. The van der Waals surface area contributed by atoms with Crippen LogP contribution in [0.15, 0.2) is 514 Å². The van der Waals surface area contributed by atoms with Crippen LogP contribution in [0.25, 0.3) is 242 Å². The smallest absolute Gasteiger partial charge is 0.143 e. The second-order valence-electron chi connectivity index (χ2n) is 33.4. The molecule has 1 heterocycles. The molecule has 0 N–H and O–H groups in total. The van der Waals surface area contributed by atoms with E-state index in [2.05, 4.69) is 497 Å². The molecule has 0 radical (unpaired) electrons. The van der Waals surface area contributed by atoms with Gasteiger partial charge in [-0.05, 0) is 232 Å². The predicted molar refractivity (Wildman–Crippen MR) is 552 cm³/mol. The van der Waals surface area contributed by atoms with Gasteiger partial charge in [-0.3, -0.25) is 0 Å². The van der Waals surface area contributed by atoms with Crippen molar-refractivity contribution in [3.05, 3.63) is 510 Å². The van der Waals surface area contributed by atoms with E-state index in [1.807, 2.05) is 12.1 Å². The lowest BCUT2D eigenvalue weighted by molar-refractivity contribution is 0.670. The Kier molecular flexibility index (Phi) is 20.1. The van der Waals surface area contributed by atoms with Crippen molar-refractivity contribution in [2.45, 2.75) is 0 Å². The van der Waals surface area contributed by atoms with Gasteiger partial charge in [0, 0.05) is 16.3 Å². The van der Waals surface area contributed by atoms with Crippen molar-refractivity contribution in [1.29, 1.82) is 0 Å². The van der Waals surface area contributed by atoms with Crippen LogP contribution in [0.5, 0.6) is 0 Å². The van der Waals surface area contributed by atoms with Gasteiger partial charge >= 0.3 is 0 Å². The molecular weight excluding hydrogens is 1550 g/mol. The van der Waals surface area contributed by atoms with E-state index in [1.165, 1.54) is 209 Å². The molecule has 602 valence electrons. The summed E-state index contributed by atoms with van der Waals surface area (Å²) in [7, 11) is 0. The second-order valence-corrected chi connectivity index (χ2v) is 33.4. The predicted octanol–water partition coefficient (Wildman–Crippen LogP) is 36.2. The van der Waals surface area contributed by atoms with E-state index in [1.54, 1.807) is 0 Å². The van der Waals surface area contributed by atoms with Gasteiger partial charge in [0.25, 0.3) is 0 Å². The summed E-state index contributed by atoms with van der Waals surface area (Å²) in [6, 6.07) is 184. The zero-order valence-corrected chi connectivity index (χ0v) is 70.9. The summed E-state index contributed by atoms with van der Waals surface area (Å²) in [5.41, 5.74) is 31.6. The molecule has 25 rings (SSSR count). The van der Waals surface area contributed by atoms with Gasteiger partial charge < -0.3 is 4.42 Å². The first-order chi connectivity index (χ1) is 64.1. The largest absolute Gasteiger partial charge is 0.455 e. The van der Waals surface area contributed by atoms with Crippen molar-refractivity contribution in [2.75, 3.05) is 0 Å². The standard InChI is InChI=1S/C44H28O.2C42H28/c1-2-12-29(13-3-1)32-14-10-15-33(28-32)43-38-19-6-4-17-36(38)42(37-18-5-7-20-39(37)43)31-26-24-30(25-27-31)34-21-11-22-40-35-16-8-9-23-41(35)45-44(34)40;1-2-14-29(15-3-1)31-18-12-19-32(28-31)41-37-23-8-10-25-39(37)42(40-26-11-9-24-38(40)41)36-22-7-6-21-35(36)34-27-13-17-30-16-4-5-20-33(30)34;1-2-13-29(14-3-1)35-18-6-7-19-36(35)42-39-22-10-8-20-37(39)41(38-21-9-11-23-40(38)42)32-27-25-31(26-28-32)34-24-12-16-30-15-4-5-17-33(30)34/h1-28H;2*1-28H. The molecule has 0 amide bonds. The Bertz CT molecular complexity index is 8390. The molecule has 0 unspecified atom stereocenters. The van der Waals surface area contributed by atoms with Crippen molar-refractivity contribution in [2.24, 2.45) is 0 Å². The number of fused-ring (bicyclic) bond motifs is 11. The van der Waals surface area contributed by atoms with Crippen LogP contribution >= 0.6 is 0 Å². The summed E-state index contributed by atoms with van der Waals surface area (Å²) in [4.78, 5) is 0. The molecule has 1 heteroatoms. The first-order valence-corrected chi connectivity index (χ1v) is 44.5. The average Bonchev–Trinajstić information content (AvgIpc) is 1.41. The third-order valence-corrected chi connectivity index (χ3v) is 26.0. The summed E-state index contributed by atoms with van der Waals surface area (Å²) >= 11 is 0. The highest BCUT2D eigenvalue weighted by molar-refractivity contribution is 6.26. The fourth-order valence-electron chi connectivity index (χ4n) is 20.2. The van der Waals surface area contributed by atoms with Gasteiger partial charge in [0.2, 0.25) is 0 Å². The Morgan fingerprint density at radius 1 is 0.109 bits per heavy atom. The molecule has 0 bridgehead atoms. The molecule has 0 aliphatic rings. The highest BCUT2D eigenvalue weighted by Crippen LogP contribution is 2.52. The van der Waals surface area contributed by atoms with Crippen LogP contribution in [0.1, 0.15) is 0 Å². The van der Waals surface area contributed by atoms with Gasteiger partial charge in [-0.25, -0.2) is 0 Å². The molecule has 129 heavy (non-hydrogen) atoms. The Balaban J connectivity index is 0.000000111. The van der Waals surface area contributed by atoms with Gasteiger partial charge in [0.15, 0.2) is 0 Å². The molecule has 25 aromatic rings. The summed E-state index contributed by atoms with van der Waals surface area (Å²) in [5.74, 6) is 0. The lowest BCUT2D eigenvalue weighted by Gasteiger charge is -2.20. The number of rotatable bonds is 12. The van der Waals surface area contributed by atoms with E-state index in [4.69, 9.17) is 4.42 Å². The lowest BCUT2D eigenvalue weighted by atomic mass is 9.83. The summed E-state index contributed by atoms with van der Waals surface area (Å²) in [6.45, 7) is 0.